The topological polar surface area (TPSA) is 96.3 Å². The Bertz CT molecular complexity index is 961. The highest BCUT2D eigenvalue weighted by Crippen LogP contribution is 2.34. The molecule has 142 valence electrons. The molecular weight excluding hydrogens is 356 g/mol. The van der Waals surface area contributed by atoms with Crippen molar-refractivity contribution >= 4 is 17.7 Å². The number of nitro groups is 1. The molecule has 2 aliphatic heterocycles. The second-order valence-corrected chi connectivity index (χ2v) is 6.97. The van der Waals surface area contributed by atoms with Crippen molar-refractivity contribution in [3.8, 4) is 0 Å². The fourth-order valence-corrected chi connectivity index (χ4v) is 3.60. The van der Waals surface area contributed by atoms with Gasteiger partial charge in [-0.25, -0.2) is 4.98 Å². The Labute approximate surface area is 162 Å². The summed E-state index contributed by atoms with van der Waals surface area (Å²) in [5.74, 6) is 0.448. The number of hydrogen-bond acceptors (Lipinski definition) is 7. The van der Waals surface area contributed by atoms with Gasteiger partial charge in [-0.1, -0.05) is 35.9 Å². The third-order valence-electron chi connectivity index (χ3n) is 5.07. The van der Waals surface area contributed by atoms with Gasteiger partial charge in [0.05, 0.1) is 11.1 Å². The summed E-state index contributed by atoms with van der Waals surface area (Å²) in [7, 11) is 0. The van der Waals surface area contributed by atoms with E-state index in [1.807, 2.05) is 42.2 Å². The van der Waals surface area contributed by atoms with Gasteiger partial charge in [0.1, 0.15) is 0 Å². The highest BCUT2D eigenvalue weighted by atomic mass is 16.6. The van der Waals surface area contributed by atoms with Gasteiger partial charge in [-0.15, -0.1) is 10.2 Å². The molecule has 1 aromatic carbocycles. The smallest absolute Gasteiger partial charge is 0.311 e. The van der Waals surface area contributed by atoms with Gasteiger partial charge in [0.25, 0.3) is 0 Å². The maximum Gasteiger partial charge on any atom is 0.311 e. The van der Waals surface area contributed by atoms with Gasteiger partial charge in [-0.05, 0) is 42.7 Å². The molecule has 4 rings (SSSR count). The molecule has 2 aromatic rings. The van der Waals surface area contributed by atoms with Crippen LogP contribution in [-0.2, 0) is 5.54 Å². The first-order chi connectivity index (χ1) is 13.6. The van der Waals surface area contributed by atoms with E-state index in [2.05, 4.69) is 26.5 Å². The zero-order valence-corrected chi connectivity index (χ0v) is 15.5. The summed E-state index contributed by atoms with van der Waals surface area (Å²) in [5, 5.41) is 23.5. The maximum atomic E-state index is 11.4. The van der Waals surface area contributed by atoms with Gasteiger partial charge in [-0.2, -0.15) is 0 Å². The molecule has 1 fully saturated rings. The van der Waals surface area contributed by atoms with E-state index in [-0.39, 0.29) is 10.6 Å². The molecule has 28 heavy (non-hydrogen) atoms. The van der Waals surface area contributed by atoms with E-state index in [1.54, 1.807) is 12.3 Å². The summed E-state index contributed by atoms with van der Waals surface area (Å²) in [5.41, 5.74) is 2.42. The van der Waals surface area contributed by atoms with Crippen LogP contribution < -0.4 is 4.90 Å². The molecule has 0 amide bonds. The highest BCUT2D eigenvalue weighted by Gasteiger charge is 2.32. The van der Waals surface area contributed by atoms with Crippen LogP contribution >= 0.6 is 0 Å². The SMILES string of the molecule is Cc1ccc([N+](=O)[O-])c(N2CCC(=CC3(c4ccccc4)C=NN=N3)CC2)n1. The number of rotatable bonds is 4. The summed E-state index contributed by atoms with van der Waals surface area (Å²) in [6.07, 6.45) is 5.45. The second-order valence-electron chi connectivity index (χ2n) is 6.97. The molecule has 1 saturated heterocycles. The van der Waals surface area contributed by atoms with E-state index < -0.39 is 5.54 Å². The lowest BCUT2D eigenvalue weighted by Gasteiger charge is -2.30. The molecule has 1 aromatic heterocycles. The number of anilines is 1. The van der Waals surface area contributed by atoms with Crippen molar-refractivity contribution in [2.45, 2.75) is 25.3 Å². The second kappa shape index (κ2) is 7.30. The van der Waals surface area contributed by atoms with Crippen molar-refractivity contribution in [2.24, 2.45) is 15.4 Å². The van der Waals surface area contributed by atoms with Crippen LogP contribution in [0.15, 0.2) is 69.6 Å². The van der Waals surface area contributed by atoms with Crippen LogP contribution in [0.25, 0.3) is 0 Å². The molecule has 0 aliphatic carbocycles. The monoisotopic (exact) mass is 376 g/mol. The first-order valence-electron chi connectivity index (χ1n) is 9.17. The summed E-state index contributed by atoms with van der Waals surface area (Å²) < 4.78 is 0. The van der Waals surface area contributed by atoms with E-state index in [0.29, 0.717) is 18.9 Å². The lowest BCUT2D eigenvalue weighted by Crippen LogP contribution is -2.33. The molecule has 0 spiro atoms. The zero-order valence-electron chi connectivity index (χ0n) is 15.5. The molecule has 0 bridgehead atoms. The third-order valence-corrected chi connectivity index (χ3v) is 5.07. The van der Waals surface area contributed by atoms with E-state index in [1.165, 1.54) is 11.6 Å². The molecule has 0 radical (unpaired) electrons. The fraction of sp³-hybridized carbons (Fsp3) is 0.300. The number of aromatic nitrogens is 1. The van der Waals surface area contributed by atoms with Crippen LogP contribution in [0, 0.1) is 17.0 Å². The van der Waals surface area contributed by atoms with Crippen LogP contribution in [0.2, 0.25) is 0 Å². The predicted molar refractivity (Wildman–Crippen MR) is 107 cm³/mol. The van der Waals surface area contributed by atoms with Crippen molar-refractivity contribution in [2.75, 3.05) is 18.0 Å². The Morgan fingerprint density at radius 2 is 1.89 bits per heavy atom. The average molecular weight is 376 g/mol. The van der Waals surface area contributed by atoms with Crippen LogP contribution in [-0.4, -0.2) is 29.2 Å². The molecule has 8 heteroatoms. The van der Waals surface area contributed by atoms with Crippen molar-refractivity contribution in [3.63, 3.8) is 0 Å². The lowest BCUT2D eigenvalue weighted by molar-refractivity contribution is -0.384. The molecule has 1 unspecified atom stereocenters. The first-order valence-corrected chi connectivity index (χ1v) is 9.17. The molecule has 8 nitrogen and oxygen atoms in total. The Balaban J connectivity index is 1.56. The number of piperidine rings is 1. The molecule has 3 heterocycles. The summed E-state index contributed by atoms with van der Waals surface area (Å²) in [6.45, 7) is 3.18. The van der Waals surface area contributed by atoms with Crippen molar-refractivity contribution in [1.82, 2.24) is 4.98 Å². The first kappa shape index (κ1) is 18.0. The normalized spacial score (nSPS) is 21.2. The Kier molecular flexibility index (Phi) is 4.68. The zero-order chi connectivity index (χ0) is 19.6. The van der Waals surface area contributed by atoms with Gasteiger partial charge in [-0.3, -0.25) is 10.1 Å². The van der Waals surface area contributed by atoms with Crippen molar-refractivity contribution < 1.29 is 4.92 Å². The summed E-state index contributed by atoms with van der Waals surface area (Å²) in [6, 6.07) is 13.2. The van der Waals surface area contributed by atoms with Crippen LogP contribution in [0.1, 0.15) is 24.1 Å². The van der Waals surface area contributed by atoms with Crippen molar-refractivity contribution in [3.05, 3.63) is 75.5 Å². The van der Waals surface area contributed by atoms with Gasteiger partial charge < -0.3 is 4.90 Å². The number of aryl methyl sites for hydroxylation is 1. The number of benzene rings is 1. The Morgan fingerprint density at radius 3 is 2.54 bits per heavy atom. The molecule has 0 N–H and O–H groups in total. The van der Waals surface area contributed by atoms with Crippen molar-refractivity contribution in [1.29, 1.82) is 0 Å². The molecule has 1 atom stereocenters. The fourth-order valence-electron chi connectivity index (χ4n) is 3.60. The van der Waals surface area contributed by atoms with E-state index in [9.17, 15) is 10.1 Å². The third kappa shape index (κ3) is 3.40. The average Bonchev–Trinajstić information content (AvgIpc) is 3.19. The predicted octanol–water partition coefficient (Wildman–Crippen LogP) is 4.17. The quantitative estimate of drug-likeness (QED) is 0.454. The highest BCUT2D eigenvalue weighted by molar-refractivity contribution is 5.77. The number of hydrogen-bond donors (Lipinski definition) is 0. The summed E-state index contributed by atoms with van der Waals surface area (Å²) in [4.78, 5) is 17.4. The maximum absolute atomic E-state index is 11.4. The van der Waals surface area contributed by atoms with E-state index >= 15 is 0 Å². The minimum absolute atomic E-state index is 0.0514. The van der Waals surface area contributed by atoms with Gasteiger partial charge in [0, 0.05) is 24.8 Å². The van der Waals surface area contributed by atoms with Crippen LogP contribution in [0.5, 0.6) is 0 Å². The summed E-state index contributed by atoms with van der Waals surface area (Å²) >= 11 is 0. The minimum Gasteiger partial charge on any atom is -0.350 e. The van der Waals surface area contributed by atoms with Crippen LogP contribution in [0.4, 0.5) is 11.5 Å². The van der Waals surface area contributed by atoms with Gasteiger partial charge >= 0.3 is 5.69 Å². The van der Waals surface area contributed by atoms with E-state index in [0.717, 1.165) is 24.1 Å². The van der Waals surface area contributed by atoms with E-state index in [4.69, 9.17) is 0 Å². The largest absolute Gasteiger partial charge is 0.350 e. The molecule has 0 saturated carbocycles. The standard InChI is InChI=1S/C20H20N6O2/c1-15-7-8-18(26(27)28)19(22-15)25-11-9-16(10-12-25)13-20(14-21-24-23-20)17-5-3-2-4-6-17/h2-8,13-14H,9-12H2,1H3. The van der Waals surface area contributed by atoms with Crippen LogP contribution in [0.3, 0.4) is 0 Å². The molecular formula is C20H20N6O2. The Morgan fingerprint density at radius 1 is 1.14 bits per heavy atom. The number of nitrogens with zero attached hydrogens (tertiary/aromatic N) is 6. The van der Waals surface area contributed by atoms with Gasteiger partial charge in [0.15, 0.2) is 5.54 Å². The molecule has 2 aliphatic rings. The minimum atomic E-state index is -0.660. The number of pyridine rings is 1. The van der Waals surface area contributed by atoms with Gasteiger partial charge in [0.2, 0.25) is 5.82 Å². The Hall–Kier alpha value is -3.42. The lowest BCUT2D eigenvalue weighted by atomic mass is 9.87.